The van der Waals surface area contributed by atoms with Gasteiger partial charge < -0.3 is 10.5 Å². The zero-order valence-corrected chi connectivity index (χ0v) is 10.7. The molecule has 0 radical (unpaired) electrons. The fourth-order valence-electron chi connectivity index (χ4n) is 3.14. The molecule has 2 N–H and O–H groups in total. The molecule has 1 aliphatic carbocycles. The summed E-state index contributed by atoms with van der Waals surface area (Å²) >= 11 is 0. The summed E-state index contributed by atoms with van der Waals surface area (Å²) in [6.07, 6.45) is 6.57. The molecule has 1 aliphatic heterocycles. The Kier molecular flexibility index (Phi) is 3.88. The number of hydrogen-bond acceptors (Lipinski definition) is 3. The molecule has 0 aromatic heterocycles. The van der Waals surface area contributed by atoms with Crippen molar-refractivity contribution in [1.82, 2.24) is 4.90 Å². The van der Waals surface area contributed by atoms with E-state index >= 15 is 0 Å². The first kappa shape index (κ1) is 12.3. The lowest BCUT2D eigenvalue weighted by Crippen LogP contribution is -2.59. The van der Waals surface area contributed by atoms with Gasteiger partial charge in [0.05, 0.1) is 6.10 Å². The predicted molar refractivity (Wildman–Crippen MR) is 66.5 cm³/mol. The minimum Gasteiger partial charge on any atom is -0.378 e. The molecule has 3 heteroatoms. The highest BCUT2D eigenvalue weighted by atomic mass is 16.5. The minimum absolute atomic E-state index is 0.231. The lowest BCUT2D eigenvalue weighted by Gasteiger charge is -2.48. The van der Waals surface area contributed by atoms with E-state index in [9.17, 15) is 0 Å². The van der Waals surface area contributed by atoms with Crippen molar-refractivity contribution < 1.29 is 4.74 Å². The van der Waals surface area contributed by atoms with Crippen LogP contribution in [0.15, 0.2) is 0 Å². The van der Waals surface area contributed by atoms with Gasteiger partial charge >= 0.3 is 0 Å². The van der Waals surface area contributed by atoms with Gasteiger partial charge in [0.15, 0.2) is 0 Å². The Morgan fingerprint density at radius 2 is 2.19 bits per heavy atom. The van der Waals surface area contributed by atoms with Crippen molar-refractivity contribution in [3.8, 4) is 0 Å². The van der Waals surface area contributed by atoms with Crippen LogP contribution in [0.4, 0.5) is 0 Å². The Bertz CT molecular complexity index is 230. The normalized spacial score (nSPS) is 35.6. The molecular weight excluding hydrogens is 200 g/mol. The first-order valence-corrected chi connectivity index (χ1v) is 6.80. The summed E-state index contributed by atoms with van der Waals surface area (Å²) < 4.78 is 5.68. The maximum Gasteiger partial charge on any atom is 0.0565 e. The molecule has 2 rings (SSSR count). The Labute approximate surface area is 99.3 Å². The molecule has 2 atom stereocenters. The molecule has 2 unspecified atom stereocenters. The van der Waals surface area contributed by atoms with Gasteiger partial charge in [-0.3, -0.25) is 4.90 Å². The first-order chi connectivity index (χ1) is 7.72. The Morgan fingerprint density at radius 3 is 2.69 bits per heavy atom. The zero-order chi connectivity index (χ0) is 11.6. The topological polar surface area (TPSA) is 38.5 Å². The number of nitrogens with two attached hydrogens (primary N) is 1. The van der Waals surface area contributed by atoms with Crippen LogP contribution in [0.3, 0.4) is 0 Å². The van der Waals surface area contributed by atoms with Gasteiger partial charge in [0.1, 0.15) is 0 Å². The largest absolute Gasteiger partial charge is 0.378 e. The van der Waals surface area contributed by atoms with Crippen molar-refractivity contribution in [3.05, 3.63) is 0 Å². The highest BCUT2D eigenvalue weighted by molar-refractivity contribution is 5.01. The first-order valence-electron chi connectivity index (χ1n) is 6.80. The summed E-state index contributed by atoms with van der Waals surface area (Å²) in [7, 11) is 0. The number of nitrogens with zero attached hydrogens (tertiary/aromatic N) is 1. The van der Waals surface area contributed by atoms with E-state index in [4.69, 9.17) is 10.5 Å². The van der Waals surface area contributed by atoms with Crippen LogP contribution < -0.4 is 5.73 Å². The highest BCUT2D eigenvalue weighted by Gasteiger charge is 2.45. The monoisotopic (exact) mass is 226 g/mol. The average Bonchev–Trinajstić information content (AvgIpc) is 3.09. The highest BCUT2D eigenvalue weighted by Crippen LogP contribution is 2.38. The van der Waals surface area contributed by atoms with E-state index in [2.05, 4.69) is 18.7 Å². The third-order valence-corrected chi connectivity index (χ3v) is 4.08. The molecule has 2 aliphatic rings. The molecule has 0 aromatic rings. The van der Waals surface area contributed by atoms with E-state index in [1.54, 1.807) is 0 Å². The van der Waals surface area contributed by atoms with Crippen molar-refractivity contribution in [2.75, 3.05) is 19.7 Å². The Morgan fingerprint density at radius 1 is 1.44 bits per heavy atom. The van der Waals surface area contributed by atoms with Gasteiger partial charge in [-0.1, -0.05) is 6.92 Å². The van der Waals surface area contributed by atoms with Crippen LogP contribution in [-0.2, 0) is 4.74 Å². The molecule has 2 fully saturated rings. The molecule has 94 valence electrons. The fraction of sp³-hybridized carbons (Fsp3) is 1.00. The van der Waals surface area contributed by atoms with E-state index < -0.39 is 0 Å². The Balaban J connectivity index is 2.09. The van der Waals surface area contributed by atoms with Crippen molar-refractivity contribution in [1.29, 1.82) is 0 Å². The molecule has 0 bridgehead atoms. The van der Waals surface area contributed by atoms with E-state index in [0.717, 1.165) is 32.0 Å². The summed E-state index contributed by atoms with van der Waals surface area (Å²) in [5.74, 6) is 0. The van der Waals surface area contributed by atoms with E-state index in [0.29, 0.717) is 6.10 Å². The molecule has 16 heavy (non-hydrogen) atoms. The molecule has 3 nitrogen and oxygen atoms in total. The van der Waals surface area contributed by atoms with Crippen LogP contribution >= 0.6 is 0 Å². The molecule has 1 saturated carbocycles. The van der Waals surface area contributed by atoms with E-state index in [1.807, 2.05) is 0 Å². The van der Waals surface area contributed by atoms with Gasteiger partial charge in [0, 0.05) is 24.7 Å². The molecule has 1 heterocycles. The minimum atomic E-state index is 0.231. The van der Waals surface area contributed by atoms with Crippen LogP contribution in [0.5, 0.6) is 0 Å². The number of hydrogen-bond donors (Lipinski definition) is 1. The predicted octanol–water partition coefficient (Wildman–Crippen LogP) is 1.76. The van der Waals surface area contributed by atoms with Crippen LogP contribution in [0.25, 0.3) is 0 Å². The second-order valence-corrected chi connectivity index (χ2v) is 5.49. The van der Waals surface area contributed by atoms with Crippen molar-refractivity contribution in [2.45, 2.75) is 63.6 Å². The standard InChI is InChI=1S/C13H26N2O/c1-3-7-15(12-4-5-12)13(10-14)6-8-16-11(2)9-13/h11-12H,3-10,14H2,1-2H3. The summed E-state index contributed by atoms with van der Waals surface area (Å²) in [6, 6.07) is 0.814. The molecular formula is C13H26N2O. The lowest BCUT2D eigenvalue weighted by atomic mass is 9.84. The van der Waals surface area contributed by atoms with Gasteiger partial charge in [-0.25, -0.2) is 0 Å². The third kappa shape index (κ3) is 2.41. The molecule has 1 saturated heterocycles. The summed E-state index contributed by atoms with van der Waals surface area (Å²) in [4.78, 5) is 2.70. The molecule has 0 spiro atoms. The average molecular weight is 226 g/mol. The Hall–Kier alpha value is -0.120. The third-order valence-electron chi connectivity index (χ3n) is 4.08. The van der Waals surface area contributed by atoms with Gasteiger partial charge in [-0.15, -0.1) is 0 Å². The quantitative estimate of drug-likeness (QED) is 0.776. The van der Waals surface area contributed by atoms with Crippen LogP contribution in [0.2, 0.25) is 0 Å². The SMILES string of the molecule is CCCN(C1CC1)C1(CN)CCOC(C)C1. The van der Waals surface area contributed by atoms with Crippen molar-refractivity contribution >= 4 is 0 Å². The second-order valence-electron chi connectivity index (χ2n) is 5.49. The smallest absolute Gasteiger partial charge is 0.0565 e. The molecule has 0 amide bonds. The van der Waals surface area contributed by atoms with Crippen LogP contribution in [0.1, 0.15) is 46.0 Å². The maximum absolute atomic E-state index is 6.10. The van der Waals surface area contributed by atoms with Crippen LogP contribution in [-0.4, -0.2) is 42.3 Å². The van der Waals surface area contributed by atoms with E-state index in [-0.39, 0.29) is 5.54 Å². The van der Waals surface area contributed by atoms with Crippen molar-refractivity contribution in [2.24, 2.45) is 5.73 Å². The number of ether oxygens (including phenoxy) is 1. The van der Waals surface area contributed by atoms with E-state index in [1.165, 1.54) is 25.8 Å². The summed E-state index contributed by atoms with van der Waals surface area (Å²) in [5, 5.41) is 0. The van der Waals surface area contributed by atoms with Crippen molar-refractivity contribution in [3.63, 3.8) is 0 Å². The van der Waals surface area contributed by atoms with Crippen LogP contribution in [0, 0.1) is 0 Å². The van der Waals surface area contributed by atoms with Gasteiger partial charge in [-0.05, 0) is 45.6 Å². The van der Waals surface area contributed by atoms with Gasteiger partial charge in [-0.2, -0.15) is 0 Å². The zero-order valence-electron chi connectivity index (χ0n) is 10.7. The second kappa shape index (κ2) is 5.03. The van der Waals surface area contributed by atoms with Gasteiger partial charge in [0.2, 0.25) is 0 Å². The van der Waals surface area contributed by atoms with Gasteiger partial charge in [0.25, 0.3) is 0 Å². The summed E-state index contributed by atoms with van der Waals surface area (Å²) in [5.41, 5.74) is 6.33. The summed E-state index contributed by atoms with van der Waals surface area (Å²) in [6.45, 7) is 7.32. The lowest BCUT2D eigenvalue weighted by molar-refractivity contribution is -0.0667. The fourth-order valence-corrected chi connectivity index (χ4v) is 3.14. The maximum atomic E-state index is 6.10. The number of rotatable bonds is 5. The molecule has 0 aromatic carbocycles.